The lowest BCUT2D eigenvalue weighted by atomic mass is 10.2. The van der Waals surface area contributed by atoms with Gasteiger partial charge in [-0.3, -0.25) is 4.79 Å². The molecule has 5 rings (SSSR count). The van der Waals surface area contributed by atoms with Crippen molar-refractivity contribution in [3.8, 4) is 5.75 Å². The van der Waals surface area contributed by atoms with E-state index in [9.17, 15) is 13.2 Å². The molecular weight excluding hydrogens is 494 g/mol. The first-order chi connectivity index (χ1) is 17.8. The second-order valence-electron chi connectivity index (χ2n) is 8.66. The maximum Gasteiger partial charge on any atom is 0.259 e. The van der Waals surface area contributed by atoms with E-state index in [0.29, 0.717) is 47.1 Å². The van der Waals surface area contributed by atoms with Crippen LogP contribution in [0.5, 0.6) is 5.75 Å². The van der Waals surface area contributed by atoms with Crippen LogP contribution in [0.1, 0.15) is 0 Å². The van der Waals surface area contributed by atoms with Gasteiger partial charge in [0, 0.05) is 43.0 Å². The maximum atomic E-state index is 12.7. The molecule has 3 heterocycles. The van der Waals surface area contributed by atoms with E-state index in [-0.39, 0.29) is 10.5 Å². The number of anilines is 5. The zero-order valence-corrected chi connectivity index (χ0v) is 21.3. The van der Waals surface area contributed by atoms with E-state index >= 15 is 0 Å². The summed E-state index contributed by atoms with van der Waals surface area (Å²) in [5, 5.41) is 7.38. The van der Waals surface area contributed by atoms with E-state index in [1.165, 1.54) is 13.2 Å². The third-order valence-corrected chi connectivity index (χ3v) is 7.26. The van der Waals surface area contributed by atoms with Crippen LogP contribution in [0.3, 0.4) is 0 Å². The van der Waals surface area contributed by atoms with Gasteiger partial charge in [0.25, 0.3) is 5.56 Å². The average Bonchev–Trinajstić information content (AvgIpc) is 2.89. The molecule has 0 radical (unpaired) electrons. The molecular formula is C26H27N5O5S. The minimum Gasteiger partial charge on any atom is -0.497 e. The number of sulfone groups is 1. The van der Waals surface area contributed by atoms with Gasteiger partial charge in [-0.15, -0.1) is 0 Å². The van der Waals surface area contributed by atoms with E-state index < -0.39 is 9.84 Å². The minimum absolute atomic E-state index is 0.106. The van der Waals surface area contributed by atoms with Gasteiger partial charge in [-0.25, -0.2) is 13.4 Å². The lowest BCUT2D eigenvalue weighted by Crippen LogP contribution is -2.36. The van der Waals surface area contributed by atoms with Crippen molar-refractivity contribution in [1.82, 2.24) is 9.97 Å². The van der Waals surface area contributed by atoms with Gasteiger partial charge in [0.1, 0.15) is 17.4 Å². The summed E-state index contributed by atoms with van der Waals surface area (Å²) in [5.41, 5.74) is 1.87. The third-order valence-electron chi connectivity index (χ3n) is 6.11. The van der Waals surface area contributed by atoms with Gasteiger partial charge in [0.05, 0.1) is 36.3 Å². The van der Waals surface area contributed by atoms with Crippen LogP contribution < -0.4 is 25.8 Å². The molecule has 1 fully saturated rings. The van der Waals surface area contributed by atoms with Crippen LogP contribution in [0.4, 0.5) is 28.7 Å². The van der Waals surface area contributed by atoms with E-state index in [1.807, 2.05) is 24.3 Å². The van der Waals surface area contributed by atoms with Crippen molar-refractivity contribution >= 4 is 49.3 Å². The fraction of sp³-hybridized carbons (Fsp3) is 0.231. The van der Waals surface area contributed by atoms with Crippen molar-refractivity contribution in [3.05, 3.63) is 71.1 Å². The minimum atomic E-state index is -3.53. The number of pyridine rings is 2. The highest BCUT2D eigenvalue weighted by atomic mass is 32.2. The van der Waals surface area contributed by atoms with Gasteiger partial charge < -0.3 is 30.0 Å². The first-order valence-electron chi connectivity index (χ1n) is 11.7. The van der Waals surface area contributed by atoms with E-state index in [0.717, 1.165) is 30.7 Å². The molecule has 0 atom stereocenters. The summed E-state index contributed by atoms with van der Waals surface area (Å²) in [7, 11) is -2.02. The predicted molar refractivity (Wildman–Crippen MR) is 145 cm³/mol. The Bertz CT molecular complexity index is 1600. The van der Waals surface area contributed by atoms with Crippen LogP contribution in [-0.2, 0) is 14.6 Å². The summed E-state index contributed by atoms with van der Waals surface area (Å²) in [5.74, 6) is 1.19. The molecule has 2 aromatic carbocycles. The number of hydrogen-bond acceptors (Lipinski definition) is 9. The number of benzene rings is 2. The molecule has 0 spiro atoms. The Labute approximate surface area is 214 Å². The Morgan fingerprint density at radius 1 is 1.03 bits per heavy atom. The number of fused-ring (bicyclic) bond motifs is 1. The smallest absolute Gasteiger partial charge is 0.259 e. The Hall–Kier alpha value is -4.09. The molecule has 0 amide bonds. The van der Waals surface area contributed by atoms with Gasteiger partial charge in [-0.05, 0) is 53.9 Å². The second-order valence-corrected chi connectivity index (χ2v) is 10.6. The summed E-state index contributed by atoms with van der Waals surface area (Å²) >= 11 is 0. The van der Waals surface area contributed by atoms with Crippen LogP contribution in [0, 0.1) is 0 Å². The third kappa shape index (κ3) is 5.37. The number of nitrogens with one attached hydrogen (secondary N) is 3. The normalized spacial score (nSPS) is 13.9. The molecule has 1 aliphatic rings. The van der Waals surface area contributed by atoms with Crippen LogP contribution in [0.15, 0.2) is 70.5 Å². The molecule has 1 saturated heterocycles. The van der Waals surface area contributed by atoms with Gasteiger partial charge in [0.2, 0.25) is 0 Å². The molecule has 2 aromatic heterocycles. The molecule has 10 nitrogen and oxygen atoms in total. The Kier molecular flexibility index (Phi) is 6.72. The Morgan fingerprint density at radius 2 is 1.78 bits per heavy atom. The SMILES string of the molecule is COc1ccc(S(C)(=O)=O)c(Nc2cc3cc[nH]c(=O)c3c(Nc3ccc(N4CCOCC4)cc3)n2)c1. The van der Waals surface area contributed by atoms with Crippen LogP contribution in [0.25, 0.3) is 10.8 Å². The zero-order chi connectivity index (χ0) is 26.0. The molecule has 0 saturated carbocycles. The number of rotatable bonds is 7. The van der Waals surface area contributed by atoms with Crippen molar-refractivity contribution in [2.45, 2.75) is 4.90 Å². The van der Waals surface area contributed by atoms with E-state index in [4.69, 9.17) is 9.47 Å². The summed E-state index contributed by atoms with van der Waals surface area (Å²) < 4.78 is 35.5. The number of methoxy groups -OCH3 is 1. The molecule has 0 unspecified atom stereocenters. The Balaban J connectivity index is 1.52. The number of aromatic amines is 1. The fourth-order valence-electron chi connectivity index (χ4n) is 4.28. The zero-order valence-electron chi connectivity index (χ0n) is 20.4. The summed E-state index contributed by atoms with van der Waals surface area (Å²) in [6.07, 6.45) is 2.70. The van der Waals surface area contributed by atoms with Gasteiger partial charge >= 0.3 is 0 Å². The first kappa shape index (κ1) is 24.6. The lowest BCUT2D eigenvalue weighted by Gasteiger charge is -2.28. The fourth-order valence-corrected chi connectivity index (χ4v) is 5.10. The lowest BCUT2D eigenvalue weighted by molar-refractivity contribution is 0.122. The highest BCUT2D eigenvalue weighted by Crippen LogP contribution is 2.32. The largest absolute Gasteiger partial charge is 0.497 e. The van der Waals surface area contributed by atoms with E-state index in [1.54, 1.807) is 30.5 Å². The first-order valence-corrected chi connectivity index (χ1v) is 13.6. The molecule has 3 N–H and O–H groups in total. The maximum absolute atomic E-state index is 12.7. The number of ether oxygens (including phenoxy) is 2. The average molecular weight is 522 g/mol. The van der Waals surface area contributed by atoms with Crippen molar-refractivity contribution in [2.24, 2.45) is 0 Å². The number of H-pyrrole nitrogens is 1. The molecule has 4 aromatic rings. The number of nitrogens with zero attached hydrogens (tertiary/aromatic N) is 2. The van der Waals surface area contributed by atoms with Crippen molar-refractivity contribution < 1.29 is 17.9 Å². The van der Waals surface area contributed by atoms with Crippen LogP contribution in [-0.4, -0.2) is 58.1 Å². The topological polar surface area (TPSA) is 126 Å². The van der Waals surface area contributed by atoms with Gasteiger partial charge in [-0.1, -0.05) is 0 Å². The summed E-state index contributed by atoms with van der Waals surface area (Å²) in [6.45, 7) is 3.07. The van der Waals surface area contributed by atoms with E-state index in [2.05, 4.69) is 25.5 Å². The highest BCUT2D eigenvalue weighted by molar-refractivity contribution is 7.90. The molecule has 11 heteroatoms. The standard InChI is InChI=1S/C26H27N5O5S/c1-35-20-7-8-22(37(2,33)34)21(16-20)29-23-15-17-9-10-27-26(32)24(17)25(30-23)28-18-3-5-19(6-4-18)31-11-13-36-14-12-31/h3-10,15-16H,11-14H2,1-2H3,(H,27,32)(H2,28,29,30). The number of aromatic nitrogens is 2. The van der Waals surface area contributed by atoms with Crippen molar-refractivity contribution in [3.63, 3.8) is 0 Å². The summed E-state index contributed by atoms with van der Waals surface area (Å²) in [6, 6.07) is 16.0. The highest BCUT2D eigenvalue weighted by Gasteiger charge is 2.17. The van der Waals surface area contributed by atoms with Crippen LogP contribution >= 0.6 is 0 Å². The number of morpholine rings is 1. The summed E-state index contributed by atoms with van der Waals surface area (Å²) in [4.78, 5) is 22.4. The van der Waals surface area contributed by atoms with Gasteiger partial charge in [0.15, 0.2) is 9.84 Å². The van der Waals surface area contributed by atoms with Crippen molar-refractivity contribution in [2.75, 3.05) is 55.2 Å². The second kappa shape index (κ2) is 10.1. The quantitative estimate of drug-likeness (QED) is 0.334. The van der Waals surface area contributed by atoms with Crippen LogP contribution in [0.2, 0.25) is 0 Å². The molecule has 0 aliphatic carbocycles. The molecule has 37 heavy (non-hydrogen) atoms. The van der Waals surface area contributed by atoms with Gasteiger partial charge in [-0.2, -0.15) is 0 Å². The predicted octanol–water partition coefficient (Wildman–Crippen LogP) is 3.66. The number of hydrogen-bond donors (Lipinski definition) is 3. The molecule has 0 bridgehead atoms. The van der Waals surface area contributed by atoms with Crippen molar-refractivity contribution in [1.29, 1.82) is 0 Å². The monoisotopic (exact) mass is 521 g/mol. The Morgan fingerprint density at radius 3 is 2.49 bits per heavy atom. The molecule has 1 aliphatic heterocycles. The molecule has 192 valence electrons.